The fourth-order valence-electron chi connectivity index (χ4n) is 3.00. The standard InChI is InChI=1S/C22H29NO2/c1-7-20(19-12-11-14(2)13-16(19)4)23-22(24)18(6)25-21-10-8-9-15(3)17(21)5/h8-13,18,20H,7H2,1-6H3,(H,23,24)/t18-,20+/m1/s1. The summed E-state index contributed by atoms with van der Waals surface area (Å²) in [5, 5.41) is 3.13. The Balaban J connectivity index is 2.09. The zero-order valence-electron chi connectivity index (χ0n) is 16.1. The number of aryl methyl sites for hydroxylation is 3. The van der Waals surface area contributed by atoms with Crippen LogP contribution in [0, 0.1) is 27.7 Å². The maximum atomic E-state index is 12.6. The molecule has 0 aliphatic heterocycles. The normalized spacial score (nSPS) is 13.2. The molecule has 0 bridgehead atoms. The Labute approximate surface area is 151 Å². The molecule has 2 aromatic carbocycles. The van der Waals surface area contributed by atoms with Gasteiger partial charge in [-0.25, -0.2) is 0 Å². The van der Waals surface area contributed by atoms with Crippen molar-refractivity contribution in [3.63, 3.8) is 0 Å². The van der Waals surface area contributed by atoms with Crippen LogP contribution < -0.4 is 10.1 Å². The summed E-state index contributed by atoms with van der Waals surface area (Å²) in [6.07, 6.45) is 0.298. The van der Waals surface area contributed by atoms with Gasteiger partial charge < -0.3 is 10.1 Å². The van der Waals surface area contributed by atoms with Gasteiger partial charge in [-0.15, -0.1) is 0 Å². The molecule has 0 unspecified atom stereocenters. The molecule has 2 aromatic rings. The van der Waals surface area contributed by atoms with Crippen LogP contribution in [-0.4, -0.2) is 12.0 Å². The number of hydrogen-bond acceptors (Lipinski definition) is 2. The van der Waals surface area contributed by atoms with Crippen LogP contribution >= 0.6 is 0 Å². The molecule has 0 radical (unpaired) electrons. The van der Waals surface area contributed by atoms with E-state index in [1.165, 1.54) is 16.7 Å². The van der Waals surface area contributed by atoms with Crippen molar-refractivity contribution in [2.75, 3.05) is 0 Å². The molecule has 0 spiro atoms. The molecular formula is C22H29NO2. The smallest absolute Gasteiger partial charge is 0.261 e. The van der Waals surface area contributed by atoms with E-state index in [9.17, 15) is 4.79 Å². The molecule has 1 amide bonds. The molecular weight excluding hydrogens is 310 g/mol. The summed E-state index contributed by atoms with van der Waals surface area (Å²) < 4.78 is 5.91. The molecule has 3 nitrogen and oxygen atoms in total. The third-order valence-corrected chi connectivity index (χ3v) is 4.75. The summed E-state index contributed by atoms with van der Waals surface area (Å²) in [5.74, 6) is 0.676. The Morgan fingerprint density at radius 3 is 2.44 bits per heavy atom. The quantitative estimate of drug-likeness (QED) is 0.808. The third-order valence-electron chi connectivity index (χ3n) is 4.75. The summed E-state index contributed by atoms with van der Waals surface area (Å²) in [5.41, 5.74) is 5.83. The molecule has 0 fully saturated rings. The largest absolute Gasteiger partial charge is 0.481 e. The highest BCUT2D eigenvalue weighted by Gasteiger charge is 2.21. The second-order valence-corrected chi connectivity index (χ2v) is 6.79. The number of hydrogen-bond donors (Lipinski definition) is 1. The number of rotatable bonds is 6. The molecule has 0 aromatic heterocycles. The van der Waals surface area contributed by atoms with Crippen molar-refractivity contribution >= 4 is 5.91 Å². The summed E-state index contributed by atoms with van der Waals surface area (Å²) in [4.78, 5) is 12.6. The molecule has 0 saturated carbocycles. The van der Waals surface area contributed by atoms with Gasteiger partial charge in [0.1, 0.15) is 5.75 Å². The lowest BCUT2D eigenvalue weighted by Crippen LogP contribution is -2.38. The van der Waals surface area contributed by atoms with Crippen molar-refractivity contribution < 1.29 is 9.53 Å². The van der Waals surface area contributed by atoms with Crippen molar-refractivity contribution in [2.24, 2.45) is 0 Å². The molecule has 0 aliphatic carbocycles. The van der Waals surface area contributed by atoms with Gasteiger partial charge in [-0.1, -0.05) is 42.8 Å². The monoisotopic (exact) mass is 339 g/mol. The van der Waals surface area contributed by atoms with Crippen LogP contribution in [0.1, 0.15) is 54.1 Å². The van der Waals surface area contributed by atoms with Crippen LogP contribution in [0.5, 0.6) is 5.75 Å². The first-order valence-corrected chi connectivity index (χ1v) is 8.93. The molecule has 2 rings (SSSR count). The van der Waals surface area contributed by atoms with Crippen molar-refractivity contribution in [1.29, 1.82) is 0 Å². The van der Waals surface area contributed by atoms with E-state index < -0.39 is 6.10 Å². The van der Waals surface area contributed by atoms with E-state index in [0.29, 0.717) is 0 Å². The van der Waals surface area contributed by atoms with E-state index in [1.54, 1.807) is 6.92 Å². The molecule has 0 aliphatic rings. The van der Waals surface area contributed by atoms with Crippen molar-refractivity contribution in [2.45, 2.75) is 60.1 Å². The lowest BCUT2D eigenvalue weighted by Gasteiger charge is -2.23. The van der Waals surface area contributed by atoms with Crippen LogP contribution in [0.25, 0.3) is 0 Å². The Kier molecular flexibility index (Phi) is 6.24. The first kappa shape index (κ1) is 19.0. The van der Waals surface area contributed by atoms with E-state index in [4.69, 9.17) is 4.74 Å². The van der Waals surface area contributed by atoms with Crippen LogP contribution in [0.2, 0.25) is 0 Å². The number of carbonyl (C=O) groups excluding carboxylic acids is 1. The summed E-state index contributed by atoms with van der Waals surface area (Å²) >= 11 is 0. The average Bonchev–Trinajstić information content (AvgIpc) is 2.57. The first-order chi connectivity index (χ1) is 11.8. The van der Waals surface area contributed by atoms with E-state index in [0.717, 1.165) is 23.3 Å². The minimum atomic E-state index is -0.541. The first-order valence-electron chi connectivity index (χ1n) is 8.93. The van der Waals surface area contributed by atoms with Gasteiger partial charge >= 0.3 is 0 Å². The van der Waals surface area contributed by atoms with Gasteiger partial charge in [-0.2, -0.15) is 0 Å². The van der Waals surface area contributed by atoms with Crippen LogP contribution in [0.15, 0.2) is 36.4 Å². The minimum Gasteiger partial charge on any atom is -0.481 e. The Hall–Kier alpha value is -2.29. The van der Waals surface area contributed by atoms with Gasteiger partial charge in [-0.05, 0) is 69.4 Å². The van der Waals surface area contributed by atoms with E-state index in [-0.39, 0.29) is 11.9 Å². The number of nitrogens with one attached hydrogen (secondary N) is 1. The second kappa shape index (κ2) is 8.19. The second-order valence-electron chi connectivity index (χ2n) is 6.79. The maximum Gasteiger partial charge on any atom is 0.261 e. The average molecular weight is 339 g/mol. The van der Waals surface area contributed by atoms with Gasteiger partial charge in [0.2, 0.25) is 0 Å². The fraction of sp³-hybridized carbons (Fsp3) is 0.409. The zero-order valence-corrected chi connectivity index (χ0v) is 16.1. The van der Waals surface area contributed by atoms with E-state index >= 15 is 0 Å². The molecule has 134 valence electrons. The Morgan fingerprint density at radius 2 is 1.80 bits per heavy atom. The zero-order chi connectivity index (χ0) is 18.6. The number of carbonyl (C=O) groups is 1. The van der Waals surface area contributed by atoms with Gasteiger partial charge in [0, 0.05) is 0 Å². The molecule has 25 heavy (non-hydrogen) atoms. The SMILES string of the molecule is CC[C@H](NC(=O)[C@@H](C)Oc1cccc(C)c1C)c1ccc(C)cc1C. The molecule has 1 N–H and O–H groups in total. The number of amides is 1. The summed E-state index contributed by atoms with van der Waals surface area (Å²) in [6, 6.07) is 12.3. The summed E-state index contributed by atoms with van der Waals surface area (Å²) in [6.45, 7) is 12.1. The van der Waals surface area contributed by atoms with Gasteiger partial charge in [0.25, 0.3) is 5.91 Å². The maximum absolute atomic E-state index is 12.6. The van der Waals surface area contributed by atoms with Gasteiger partial charge in [0.05, 0.1) is 6.04 Å². The molecule has 0 saturated heterocycles. The highest BCUT2D eigenvalue weighted by molar-refractivity contribution is 5.81. The summed E-state index contributed by atoms with van der Waals surface area (Å²) in [7, 11) is 0. The van der Waals surface area contributed by atoms with Gasteiger partial charge in [-0.3, -0.25) is 4.79 Å². The lowest BCUT2D eigenvalue weighted by molar-refractivity contribution is -0.128. The van der Waals surface area contributed by atoms with E-state index in [2.05, 4.69) is 44.3 Å². The number of benzene rings is 2. The van der Waals surface area contributed by atoms with Crippen LogP contribution in [-0.2, 0) is 4.79 Å². The number of ether oxygens (including phenoxy) is 1. The highest BCUT2D eigenvalue weighted by atomic mass is 16.5. The highest BCUT2D eigenvalue weighted by Crippen LogP contribution is 2.24. The topological polar surface area (TPSA) is 38.3 Å². The van der Waals surface area contributed by atoms with Gasteiger partial charge in [0.15, 0.2) is 6.10 Å². The van der Waals surface area contributed by atoms with Crippen LogP contribution in [0.4, 0.5) is 0 Å². The van der Waals surface area contributed by atoms with Crippen molar-refractivity contribution in [1.82, 2.24) is 5.32 Å². The van der Waals surface area contributed by atoms with Crippen molar-refractivity contribution in [3.8, 4) is 5.75 Å². The Bertz CT molecular complexity index is 752. The third kappa shape index (κ3) is 4.62. The fourth-order valence-corrected chi connectivity index (χ4v) is 3.00. The molecule has 0 heterocycles. The van der Waals surface area contributed by atoms with E-state index in [1.807, 2.05) is 32.0 Å². The van der Waals surface area contributed by atoms with Crippen molar-refractivity contribution in [3.05, 3.63) is 64.2 Å². The minimum absolute atomic E-state index is 0.00208. The predicted molar refractivity (Wildman–Crippen MR) is 103 cm³/mol. The Morgan fingerprint density at radius 1 is 1.08 bits per heavy atom. The molecule has 3 heteroatoms. The molecule has 2 atom stereocenters. The lowest BCUT2D eigenvalue weighted by atomic mass is 9.97. The van der Waals surface area contributed by atoms with Crippen LogP contribution in [0.3, 0.4) is 0 Å². The predicted octanol–water partition coefficient (Wildman–Crippen LogP) is 4.96.